The Kier molecular flexibility index (Phi) is 4.67. The molecule has 0 aliphatic heterocycles. The summed E-state index contributed by atoms with van der Waals surface area (Å²) in [5, 5.41) is 11.8. The number of rotatable bonds is 6. The van der Waals surface area contributed by atoms with Crippen molar-refractivity contribution in [2.75, 3.05) is 6.54 Å². The zero-order chi connectivity index (χ0) is 15.7. The van der Waals surface area contributed by atoms with E-state index < -0.39 is 0 Å². The van der Waals surface area contributed by atoms with Gasteiger partial charge in [0.15, 0.2) is 0 Å². The van der Waals surface area contributed by atoms with Crippen LogP contribution in [0.4, 0.5) is 0 Å². The summed E-state index contributed by atoms with van der Waals surface area (Å²) < 4.78 is 5.58. The minimum Gasteiger partial charge on any atom is -0.426 e. The number of hydrogen-bond donors (Lipinski definition) is 1. The van der Waals surface area contributed by atoms with Crippen LogP contribution in [-0.2, 0) is 6.42 Å². The lowest BCUT2D eigenvalue weighted by molar-refractivity contribution is 0.217. The average molecular weight is 303 g/mol. The van der Waals surface area contributed by atoms with Crippen molar-refractivity contribution >= 4 is 0 Å². The molecule has 4 nitrogen and oxygen atoms in total. The van der Waals surface area contributed by atoms with E-state index in [0.29, 0.717) is 23.6 Å². The van der Waals surface area contributed by atoms with E-state index in [0.717, 1.165) is 30.8 Å². The Morgan fingerprint density at radius 3 is 2.64 bits per heavy atom. The maximum absolute atomic E-state index is 5.58. The predicted molar refractivity (Wildman–Crippen MR) is 87.4 cm³/mol. The summed E-state index contributed by atoms with van der Waals surface area (Å²) in [4.78, 5) is 0. The van der Waals surface area contributed by atoms with Crippen LogP contribution in [0.2, 0.25) is 0 Å². The second-order valence-corrected chi connectivity index (χ2v) is 7.52. The van der Waals surface area contributed by atoms with E-state index in [2.05, 4.69) is 42.4 Å². The highest BCUT2D eigenvalue weighted by molar-refractivity contribution is 5.14. The van der Waals surface area contributed by atoms with Crippen LogP contribution in [-0.4, -0.2) is 22.8 Å². The van der Waals surface area contributed by atoms with E-state index in [4.69, 9.17) is 4.42 Å². The molecule has 0 aromatic carbocycles. The van der Waals surface area contributed by atoms with Gasteiger partial charge in [-0.2, -0.15) is 0 Å². The summed E-state index contributed by atoms with van der Waals surface area (Å²) in [6.07, 6.45) is 7.35. The van der Waals surface area contributed by atoms with Gasteiger partial charge in [0.2, 0.25) is 11.8 Å². The number of aromatic nitrogens is 2. The van der Waals surface area contributed by atoms with Crippen LogP contribution in [0.3, 0.4) is 0 Å². The third kappa shape index (κ3) is 3.78. The largest absolute Gasteiger partial charge is 0.426 e. The van der Waals surface area contributed by atoms with Crippen LogP contribution in [0.25, 0.3) is 0 Å². The molecule has 3 rings (SSSR count). The maximum atomic E-state index is 5.58. The van der Waals surface area contributed by atoms with Gasteiger partial charge in [0, 0.05) is 25.9 Å². The fourth-order valence-corrected chi connectivity index (χ4v) is 3.73. The molecule has 4 heteroatoms. The summed E-state index contributed by atoms with van der Waals surface area (Å²) in [5.41, 5.74) is 1.50. The normalized spacial score (nSPS) is 29.0. The van der Waals surface area contributed by atoms with Gasteiger partial charge >= 0.3 is 0 Å². The molecule has 1 fully saturated rings. The third-order valence-electron chi connectivity index (χ3n) is 5.29. The zero-order valence-electron chi connectivity index (χ0n) is 14.3. The summed E-state index contributed by atoms with van der Waals surface area (Å²) >= 11 is 0. The number of aryl methyl sites for hydroxylation is 1. The van der Waals surface area contributed by atoms with Crippen molar-refractivity contribution < 1.29 is 4.42 Å². The molecule has 0 saturated heterocycles. The molecule has 1 saturated carbocycles. The van der Waals surface area contributed by atoms with Crippen LogP contribution >= 0.6 is 0 Å². The minimum absolute atomic E-state index is 0.546. The lowest BCUT2D eigenvalue weighted by Crippen LogP contribution is -2.35. The Bertz CT molecular complexity index is 530. The quantitative estimate of drug-likeness (QED) is 0.817. The van der Waals surface area contributed by atoms with Gasteiger partial charge < -0.3 is 9.73 Å². The Labute approximate surface area is 133 Å². The second-order valence-electron chi connectivity index (χ2n) is 7.52. The maximum Gasteiger partial charge on any atom is 0.217 e. The second kappa shape index (κ2) is 6.53. The first-order chi connectivity index (χ1) is 10.5. The molecule has 0 spiro atoms. The number of hydrogen-bond acceptors (Lipinski definition) is 4. The van der Waals surface area contributed by atoms with Crippen LogP contribution in [0.5, 0.6) is 0 Å². The molecule has 0 bridgehead atoms. The van der Waals surface area contributed by atoms with E-state index in [1.807, 2.05) is 6.92 Å². The molecule has 0 amide bonds. The van der Waals surface area contributed by atoms with Crippen molar-refractivity contribution in [2.45, 2.75) is 59.4 Å². The monoisotopic (exact) mass is 303 g/mol. The highest BCUT2D eigenvalue weighted by Gasteiger charge is 2.33. The number of nitrogens with one attached hydrogen (secondary N) is 1. The molecule has 2 aliphatic rings. The van der Waals surface area contributed by atoms with Gasteiger partial charge in [-0.15, -0.1) is 10.2 Å². The van der Waals surface area contributed by atoms with Crippen molar-refractivity contribution in [2.24, 2.45) is 23.7 Å². The van der Waals surface area contributed by atoms with E-state index in [1.54, 1.807) is 0 Å². The number of allylic oxidation sites excluding steroid dienone is 1. The minimum atomic E-state index is 0.546. The first-order valence-electron chi connectivity index (χ1n) is 8.73. The molecular formula is C18H29N3O. The fraction of sp³-hybridized carbons (Fsp3) is 0.778. The van der Waals surface area contributed by atoms with Crippen molar-refractivity contribution in [3.8, 4) is 0 Å². The van der Waals surface area contributed by atoms with Crippen molar-refractivity contribution in [1.29, 1.82) is 0 Å². The van der Waals surface area contributed by atoms with Crippen molar-refractivity contribution in [3.05, 3.63) is 23.4 Å². The molecule has 1 aromatic rings. The summed E-state index contributed by atoms with van der Waals surface area (Å²) in [7, 11) is 0. The lowest BCUT2D eigenvalue weighted by Gasteiger charge is -2.37. The van der Waals surface area contributed by atoms with Gasteiger partial charge in [-0.1, -0.05) is 25.5 Å². The van der Waals surface area contributed by atoms with Gasteiger partial charge in [0.1, 0.15) is 0 Å². The van der Waals surface area contributed by atoms with Gasteiger partial charge in [-0.05, 0) is 49.9 Å². The Morgan fingerprint density at radius 2 is 2.05 bits per heavy atom. The molecule has 0 unspecified atom stereocenters. The van der Waals surface area contributed by atoms with Gasteiger partial charge in [0.25, 0.3) is 0 Å². The van der Waals surface area contributed by atoms with Gasteiger partial charge in [-0.25, -0.2) is 0 Å². The summed E-state index contributed by atoms with van der Waals surface area (Å²) in [6.45, 7) is 9.98. The third-order valence-corrected chi connectivity index (χ3v) is 5.29. The smallest absolute Gasteiger partial charge is 0.217 e. The molecule has 122 valence electrons. The van der Waals surface area contributed by atoms with Crippen LogP contribution in [0, 0.1) is 30.6 Å². The Morgan fingerprint density at radius 1 is 1.27 bits per heavy atom. The Balaban J connectivity index is 1.68. The van der Waals surface area contributed by atoms with Crippen molar-refractivity contribution in [1.82, 2.24) is 15.5 Å². The lowest BCUT2D eigenvalue weighted by atomic mass is 9.70. The Hall–Kier alpha value is -1.16. The first-order valence-corrected chi connectivity index (χ1v) is 8.73. The topological polar surface area (TPSA) is 51.0 Å². The van der Waals surface area contributed by atoms with E-state index >= 15 is 0 Å². The van der Waals surface area contributed by atoms with E-state index in [9.17, 15) is 0 Å². The van der Waals surface area contributed by atoms with Crippen LogP contribution < -0.4 is 5.32 Å². The molecule has 3 atom stereocenters. The van der Waals surface area contributed by atoms with Gasteiger partial charge in [-0.3, -0.25) is 0 Å². The van der Waals surface area contributed by atoms with E-state index in [1.165, 1.54) is 24.8 Å². The van der Waals surface area contributed by atoms with Crippen molar-refractivity contribution in [3.63, 3.8) is 0 Å². The molecule has 1 aromatic heterocycles. The molecule has 0 radical (unpaired) electrons. The zero-order valence-corrected chi connectivity index (χ0v) is 14.3. The molecular weight excluding hydrogens is 274 g/mol. The summed E-state index contributed by atoms with van der Waals surface area (Å²) in [5.74, 6) is 4.11. The first kappa shape index (κ1) is 15.7. The van der Waals surface area contributed by atoms with Crippen LogP contribution in [0.15, 0.2) is 16.1 Å². The standard InChI is InChI=1S/C18H29N3O/c1-11(2)17-8-14(9-18-21-20-13(4)22-18)12(3)7-15(17)10-19-16-5-6-16/h7,11,14-17,19H,5-6,8-10H2,1-4H3/t14-,15-,17-/m0/s1. The molecule has 22 heavy (non-hydrogen) atoms. The highest BCUT2D eigenvalue weighted by atomic mass is 16.4. The van der Waals surface area contributed by atoms with Crippen LogP contribution in [0.1, 0.15) is 51.8 Å². The SMILES string of the molecule is CC1=C[C@@H](CNC2CC2)[C@H](C(C)C)C[C@H]1Cc1nnc(C)o1. The molecule has 2 aliphatic carbocycles. The van der Waals surface area contributed by atoms with E-state index in [-0.39, 0.29) is 0 Å². The fourth-order valence-electron chi connectivity index (χ4n) is 3.73. The average Bonchev–Trinajstić information content (AvgIpc) is 3.21. The summed E-state index contributed by atoms with van der Waals surface area (Å²) in [6, 6.07) is 0.792. The number of nitrogens with zero attached hydrogens (tertiary/aromatic N) is 2. The predicted octanol–water partition coefficient (Wildman–Crippen LogP) is 3.53. The highest BCUT2D eigenvalue weighted by Crippen LogP contribution is 2.39. The van der Waals surface area contributed by atoms with Gasteiger partial charge in [0.05, 0.1) is 0 Å². The molecule has 1 heterocycles. The molecule has 1 N–H and O–H groups in total.